The standard InChI is InChI=1S/C23H25N3O2S/c1-12-3-16(19-17(11-24)21(28)26-22(25-19)29-2)20(27)18(4-12)23-8-13-5-14(9-23)7-15(6-13)10-23/h3-4,13-15,27H,5-10H2,1-2H3,(H,25,26,28). The Morgan fingerprint density at radius 2 is 1.83 bits per heavy atom. The molecule has 0 spiro atoms. The Hall–Kier alpha value is -2.26. The molecule has 150 valence electrons. The van der Waals surface area contributed by atoms with Crippen LogP contribution in [-0.4, -0.2) is 21.3 Å². The minimum Gasteiger partial charge on any atom is -0.507 e. The largest absolute Gasteiger partial charge is 0.507 e. The smallest absolute Gasteiger partial charge is 0.270 e. The Kier molecular flexibility index (Phi) is 4.29. The van der Waals surface area contributed by atoms with Gasteiger partial charge >= 0.3 is 0 Å². The van der Waals surface area contributed by atoms with Gasteiger partial charge in [-0.15, -0.1) is 0 Å². The van der Waals surface area contributed by atoms with Gasteiger partial charge in [0.05, 0.1) is 0 Å². The van der Waals surface area contributed by atoms with Crippen molar-refractivity contribution in [3.05, 3.63) is 39.2 Å². The highest BCUT2D eigenvalue weighted by Crippen LogP contribution is 2.62. The van der Waals surface area contributed by atoms with Gasteiger partial charge in [-0.2, -0.15) is 5.26 Å². The van der Waals surface area contributed by atoms with Gasteiger partial charge in [-0.05, 0) is 86.5 Å². The predicted molar refractivity (Wildman–Crippen MR) is 113 cm³/mol. The Labute approximate surface area is 174 Å². The quantitative estimate of drug-likeness (QED) is 0.577. The van der Waals surface area contributed by atoms with Crippen molar-refractivity contribution in [3.8, 4) is 23.1 Å². The number of hydrogen-bond acceptors (Lipinski definition) is 5. The van der Waals surface area contributed by atoms with Gasteiger partial charge in [-0.3, -0.25) is 4.79 Å². The van der Waals surface area contributed by atoms with E-state index in [1.54, 1.807) is 0 Å². The normalized spacial score (nSPS) is 29.8. The van der Waals surface area contributed by atoms with Gasteiger partial charge < -0.3 is 10.1 Å². The number of aromatic nitrogens is 2. The van der Waals surface area contributed by atoms with Crippen LogP contribution in [-0.2, 0) is 5.41 Å². The Balaban J connectivity index is 1.71. The number of benzene rings is 1. The second-order valence-corrected chi connectivity index (χ2v) is 10.1. The fraction of sp³-hybridized carbons (Fsp3) is 0.522. The number of aromatic amines is 1. The molecule has 1 aromatic carbocycles. The van der Waals surface area contributed by atoms with Crippen LogP contribution in [0.2, 0.25) is 0 Å². The second-order valence-electron chi connectivity index (χ2n) is 9.32. The number of nitrogens with zero attached hydrogens (tertiary/aromatic N) is 2. The average Bonchev–Trinajstić information content (AvgIpc) is 2.67. The molecule has 2 N–H and O–H groups in total. The lowest BCUT2D eigenvalue weighted by Crippen LogP contribution is -2.48. The third kappa shape index (κ3) is 2.90. The first kappa shape index (κ1) is 18.7. The summed E-state index contributed by atoms with van der Waals surface area (Å²) in [4.78, 5) is 19.6. The molecule has 0 amide bonds. The second kappa shape index (κ2) is 6.63. The van der Waals surface area contributed by atoms with E-state index < -0.39 is 5.56 Å². The van der Waals surface area contributed by atoms with Crippen molar-refractivity contribution in [3.63, 3.8) is 0 Å². The number of nitriles is 1. The van der Waals surface area contributed by atoms with Crippen LogP contribution < -0.4 is 5.56 Å². The zero-order valence-corrected chi connectivity index (χ0v) is 17.6. The van der Waals surface area contributed by atoms with Crippen LogP contribution in [0.25, 0.3) is 11.3 Å². The third-order valence-electron chi connectivity index (χ3n) is 7.32. The minimum absolute atomic E-state index is 0.0238. The zero-order chi connectivity index (χ0) is 20.3. The predicted octanol–water partition coefficient (Wildman–Crippen LogP) is 4.51. The summed E-state index contributed by atoms with van der Waals surface area (Å²) in [6.07, 6.45) is 9.25. The van der Waals surface area contributed by atoms with Crippen LogP contribution in [0.15, 0.2) is 22.1 Å². The van der Waals surface area contributed by atoms with Gasteiger partial charge in [-0.25, -0.2) is 4.98 Å². The first-order chi connectivity index (χ1) is 13.9. The Morgan fingerprint density at radius 3 is 2.38 bits per heavy atom. The van der Waals surface area contributed by atoms with Gasteiger partial charge in [0, 0.05) is 11.1 Å². The molecule has 0 aliphatic heterocycles. The average molecular weight is 408 g/mol. The Bertz CT molecular complexity index is 1060. The molecule has 4 bridgehead atoms. The summed E-state index contributed by atoms with van der Waals surface area (Å²) in [5.74, 6) is 2.50. The molecule has 0 unspecified atom stereocenters. The molecule has 1 heterocycles. The monoisotopic (exact) mass is 407 g/mol. The molecule has 0 radical (unpaired) electrons. The highest BCUT2D eigenvalue weighted by atomic mass is 32.2. The summed E-state index contributed by atoms with van der Waals surface area (Å²) in [6, 6.07) is 5.97. The molecule has 4 saturated carbocycles. The summed E-state index contributed by atoms with van der Waals surface area (Å²) < 4.78 is 0. The highest BCUT2D eigenvalue weighted by molar-refractivity contribution is 7.98. The topological polar surface area (TPSA) is 89.8 Å². The van der Waals surface area contributed by atoms with Crippen molar-refractivity contribution >= 4 is 11.8 Å². The summed E-state index contributed by atoms with van der Waals surface area (Å²) in [5.41, 5.74) is 2.35. The molecule has 6 rings (SSSR count). The van der Waals surface area contributed by atoms with E-state index in [0.717, 1.165) is 48.1 Å². The maximum Gasteiger partial charge on any atom is 0.270 e. The number of phenolic OH excluding ortho intramolecular Hbond substituents is 1. The lowest BCUT2D eigenvalue weighted by Gasteiger charge is -2.57. The van der Waals surface area contributed by atoms with Crippen LogP contribution in [0.4, 0.5) is 0 Å². The molecule has 4 aliphatic carbocycles. The first-order valence-electron chi connectivity index (χ1n) is 10.4. The van der Waals surface area contributed by atoms with E-state index in [9.17, 15) is 15.2 Å². The highest BCUT2D eigenvalue weighted by Gasteiger charge is 2.52. The van der Waals surface area contributed by atoms with Crippen molar-refractivity contribution in [2.45, 2.75) is 56.0 Å². The van der Waals surface area contributed by atoms with Crippen molar-refractivity contribution in [2.24, 2.45) is 17.8 Å². The number of thioether (sulfide) groups is 1. The van der Waals surface area contributed by atoms with Gasteiger partial charge in [0.2, 0.25) is 0 Å². The van der Waals surface area contributed by atoms with E-state index in [1.807, 2.05) is 25.3 Å². The molecule has 6 heteroatoms. The molecule has 29 heavy (non-hydrogen) atoms. The number of aryl methyl sites for hydroxylation is 1. The molecular weight excluding hydrogens is 382 g/mol. The molecule has 1 aromatic heterocycles. The van der Waals surface area contributed by atoms with Crippen molar-refractivity contribution < 1.29 is 5.11 Å². The molecule has 0 atom stereocenters. The summed E-state index contributed by atoms with van der Waals surface area (Å²) in [7, 11) is 0. The molecular formula is C23H25N3O2S. The lowest BCUT2D eigenvalue weighted by atomic mass is 9.48. The number of hydrogen-bond donors (Lipinski definition) is 2. The summed E-state index contributed by atoms with van der Waals surface area (Å²) in [6.45, 7) is 2.02. The van der Waals surface area contributed by atoms with Crippen LogP contribution in [0, 0.1) is 36.0 Å². The van der Waals surface area contributed by atoms with Crippen molar-refractivity contribution in [2.75, 3.05) is 6.26 Å². The summed E-state index contributed by atoms with van der Waals surface area (Å²) in [5, 5.41) is 21.5. The van der Waals surface area contributed by atoms with E-state index in [2.05, 4.69) is 16.0 Å². The van der Waals surface area contributed by atoms with E-state index in [4.69, 9.17) is 0 Å². The van der Waals surface area contributed by atoms with Gasteiger partial charge in [0.15, 0.2) is 5.16 Å². The van der Waals surface area contributed by atoms with Crippen molar-refractivity contribution in [1.82, 2.24) is 9.97 Å². The molecule has 5 nitrogen and oxygen atoms in total. The minimum atomic E-state index is -0.459. The van der Waals surface area contributed by atoms with E-state index in [0.29, 0.717) is 10.7 Å². The van der Waals surface area contributed by atoms with Gasteiger partial charge in [0.1, 0.15) is 23.1 Å². The van der Waals surface area contributed by atoms with Crippen molar-refractivity contribution in [1.29, 1.82) is 5.26 Å². The molecule has 4 aliphatic rings. The van der Waals surface area contributed by atoms with E-state index in [-0.39, 0.29) is 22.4 Å². The summed E-state index contributed by atoms with van der Waals surface area (Å²) >= 11 is 1.31. The third-order valence-corrected chi connectivity index (χ3v) is 7.90. The molecule has 0 saturated heterocycles. The Morgan fingerprint density at radius 1 is 1.21 bits per heavy atom. The number of H-pyrrole nitrogens is 1. The van der Waals surface area contributed by atoms with Crippen LogP contribution in [0.5, 0.6) is 5.75 Å². The van der Waals surface area contributed by atoms with Gasteiger partial charge in [0.25, 0.3) is 5.56 Å². The van der Waals surface area contributed by atoms with Crippen LogP contribution >= 0.6 is 11.8 Å². The van der Waals surface area contributed by atoms with E-state index in [1.165, 1.54) is 31.0 Å². The maximum absolute atomic E-state index is 12.4. The van der Waals surface area contributed by atoms with Gasteiger partial charge in [-0.1, -0.05) is 17.8 Å². The van der Waals surface area contributed by atoms with Crippen LogP contribution in [0.1, 0.15) is 55.2 Å². The zero-order valence-electron chi connectivity index (χ0n) is 16.8. The lowest BCUT2D eigenvalue weighted by molar-refractivity contribution is -0.00612. The maximum atomic E-state index is 12.4. The number of nitrogens with one attached hydrogen (secondary N) is 1. The molecule has 4 fully saturated rings. The number of rotatable bonds is 3. The number of phenols is 1. The number of aromatic hydroxyl groups is 1. The fourth-order valence-corrected chi connectivity index (χ4v) is 7.03. The van der Waals surface area contributed by atoms with E-state index >= 15 is 0 Å². The fourth-order valence-electron chi connectivity index (χ4n) is 6.65. The SMILES string of the molecule is CSc1nc(-c2cc(C)cc(C34CC5CC(CC(C5)C3)C4)c2O)c(C#N)c(=O)[nH]1. The molecule has 2 aromatic rings. The first-order valence-corrected chi connectivity index (χ1v) is 11.6. The van der Waals surface area contributed by atoms with Crippen LogP contribution in [0.3, 0.4) is 0 Å².